The van der Waals surface area contributed by atoms with Crippen molar-refractivity contribution < 1.29 is 4.74 Å². The van der Waals surface area contributed by atoms with E-state index in [1.54, 1.807) is 11.1 Å². The number of piperidine rings is 1. The molecule has 2 aliphatic heterocycles. The molecule has 2 heteroatoms. The zero-order valence-electron chi connectivity index (χ0n) is 15.1. The first kappa shape index (κ1) is 14.3. The van der Waals surface area contributed by atoms with Crippen LogP contribution in [0.15, 0.2) is 12.1 Å². The lowest BCUT2D eigenvalue weighted by Gasteiger charge is -2.66. The molecule has 1 saturated heterocycles. The van der Waals surface area contributed by atoms with Crippen molar-refractivity contribution in [3.8, 4) is 5.75 Å². The summed E-state index contributed by atoms with van der Waals surface area (Å²) in [5.41, 5.74) is 5.14. The monoisotopic (exact) mass is 311 g/mol. The highest BCUT2D eigenvalue weighted by Crippen LogP contribution is 2.70. The van der Waals surface area contributed by atoms with E-state index in [9.17, 15) is 0 Å². The maximum Gasteiger partial charge on any atom is 0.126 e. The number of hydrogen-bond acceptors (Lipinski definition) is 2. The van der Waals surface area contributed by atoms with Crippen LogP contribution in [0, 0.1) is 18.3 Å². The van der Waals surface area contributed by atoms with E-state index in [2.05, 4.69) is 51.8 Å². The van der Waals surface area contributed by atoms with Crippen molar-refractivity contribution >= 4 is 0 Å². The van der Waals surface area contributed by atoms with E-state index in [0.29, 0.717) is 29.4 Å². The molecule has 4 aliphatic rings. The fourth-order valence-electron chi connectivity index (χ4n) is 7.22. The van der Waals surface area contributed by atoms with Crippen molar-refractivity contribution in [3.63, 3.8) is 0 Å². The molecule has 6 atom stereocenters. The van der Waals surface area contributed by atoms with Crippen LogP contribution in [0.2, 0.25) is 0 Å². The first-order chi connectivity index (χ1) is 10.9. The van der Waals surface area contributed by atoms with Crippen LogP contribution in [-0.4, -0.2) is 30.6 Å². The number of aryl methyl sites for hydroxylation is 1. The molecule has 2 fully saturated rings. The van der Waals surface area contributed by atoms with Crippen molar-refractivity contribution in [2.75, 3.05) is 13.6 Å². The third-order valence-electron chi connectivity index (χ3n) is 8.17. The Morgan fingerprint density at radius 2 is 2.00 bits per heavy atom. The molecule has 1 spiro atoms. The lowest BCUT2D eigenvalue weighted by molar-refractivity contribution is -0.131. The first-order valence-electron chi connectivity index (χ1n) is 9.42. The Morgan fingerprint density at radius 3 is 2.78 bits per heavy atom. The van der Waals surface area contributed by atoms with Gasteiger partial charge in [0.05, 0.1) is 0 Å². The Balaban J connectivity index is 1.89. The summed E-state index contributed by atoms with van der Waals surface area (Å²) in [6, 6.07) is 5.36. The summed E-state index contributed by atoms with van der Waals surface area (Å²) in [5.74, 6) is 2.52. The fraction of sp³-hybridized carbons (Fsp3) is 0.714. The van der Waals surface area contributed by atoms with Crippen LogP contribution < -0.4 is 4.74 Å². The molecule has 1 saturated carbocycles. The van der Waals surface area contributed by atoms with Gasteiger partial charge in [-0.1, -0.05) is 32.9 Å². The summed E-state index contributed by atoms with van der Waals surface area (Å²) in [6.07, 6.45) is 4.31. The number of benzene rings is 1. The van der Waals surface area contributed by atoms with Gasteiger partial charge < -0.3 is 9.64 Å². The minimum absolute atomic E-state index is 0.255. The fourth-order valence-corrected chi connectivity index (χ4v) is 7.22. The Labute approximate surface area is 140 Å². The van der Waals surface area contributed by atoms with Crippen LogP contribution in [0.1, 0.15) is 62.6 Å². The van der Waals surface area contributed by atoms with Crippen molar-refractivity contribution in [3.05, 3.63) is 28.8 Å². The number of likely N-dealkylation sites (N-methyl/N-ethyl adjacent to an activating group) is 1. The van der Waals surface area contributed by atoms with Crippen molar-refractivity contribution in [1.82, 2.24) is 4.90 Å². The predicted molar refractivity (Wildman–Crippen MR) is 93.2 cm³/mol. The van der Waals surface area contributed by atoms with Crippen LogP contribution in [0.4, 0.5) is 0 Å². The molecular weight excluding hydrogens is 282 g/mol. The molecule has 0 amide bonds. The van der Waals surface area contributed by atoms with E-state index in [-0.39, 0.29) is 5.41 Å². The van der Waals surface area contributed by atoms with Gasteiger partial charge in [0.1, 0.15) is 11.9 Å². The van der Waals surface area contributed by atoms with Gasteiger partial charge in [-0.25, -0.2) is 0 Å². The van der Waals surface area contributed by atoms with Crippen LogP contribution in [-0.2, 0) is 5.41 Å². The van der Waals surface area contributed by atoms with Gasteiger partial charge in [-0.2, -0.15) is 0 Å². The van der Waals surface area contributed by atoms with Gasteiger partial charge >= 0.3 is 0 Å². The summed E-state index contributed by atoms with van der Waals surface area (Å²) in [5, 5.41) is 0. The molecule has 1 aromatic carbocycles. The molecule has 2 heterocycles. The molecule has 1 aromatic rings. The molecule has 23 heavy (non-hydrogen) atoms. The summed E-state index contributed by atoms with van der Waals surface area (Å²) in [7, 11) is 2.35. The van der Waals surface area contributed by atoms with E-state index in [0.717, 1.165) is 0 Å². The van der Waals surface area contributed by atoms with Crippen molar-refractivity contribution in [1.29, 1.82) is 0 Å². The zero-order valence-corrected chi connectivity index (χ0v) is 15.1. The summed E-state index contributed by atoms with van der Waals surface area (Å²) in [6.45, 7) is 10.9. The second-order valence-electron chi connectivity index (χ2n) is 9.08. The Bertz CT molecular complexity index is 697. The maximum atomic E-state index is 6.75. The second kappa shape index (κ2) is 4.14. The van der Waals surface area contributed by atoms with E-state index in [1.165, 1.54) is 37.1 Å². The highest BCUT2D eigenvalue weighted by molar-refractivity contribution is 5.60. The van der Waals surface area contributed by atoms with E-state index < -0.39 is 0 Å². The van der Waals surface area contributed by atoms with E-state index >= 15 is 0 Å². The predicted octanol–water partition coefficient (Wildman–Crippen LogP) is 4.25. The third-order valence-corrected chi connectivity index (χ3v) is 8.17. The Morgan fingerprint density at radius 1 is 1.22 bits per heavy atom. The highest BCUT2D eigenvalue weighted by atomic mass is 16.5. The maximum absolute atomic E-state index is 6.75. The minimum Gasteiger partial charge on any atom is -0.489 e. The van der Waals surface area contributed by atoms with Gasteiger partial charge in [-0.3, -0.25) is 0 Å². The van der Waals surface area contributed by atoms with Gasteiger partial charge in [-0.15, -0.1) is 0 Å². The number of likely N-dealkylation sites (tertiary alicyclic amines) is 1. The first-order valence-corrected chi connectivity index (χ1v) is 9.42. The average molecular weight is 311 g/mol. The van der Waals surface area contributed by atoms with Gasteiger partial charge in [0, 0.05) is 17.0 Å². The van der Waals surface area contributed by atoms with Gasteiger partial charge in [-0.05, 0) is 68.2 Å². The van der Waals surface area contributed by atoms with E-state index in [4.69, 9.17) is 4.74 Å². The SMILES string of the molecule is Cc1ccc2c3c1O[C@H]1C(C)CCC4(C)[C@H](C2C)N(C)CC[C@]314. The molecule has 2 nitrogen and oxygen atoms in total. The van der Waals surface area contributed by atoms with Crippen LogP contribution in [0.25, 0.3) is 0 Å². The lowest BCUT2D eigenvalue weighted by atomic mass is 9.41. The largest absolute Gasteiger partial charge is 0.489 e. The minimum atomic E-state index is 0.255. The normalized spacial score (nSPS) is 47.2. The Hall–Kier alpha value is -1.02. The number of ether oxygens (including phenoxy) is 1. The zero-order chi connectivity index (χ0) is 16.1. The molecule has 5 rings (SSSR count). The smallest absolute Gasteiger partial charge is 0.126 e. The number of nitrogens with zero attached hydrogens (tertiary/aromatic N) is 1. The Kier molecular flexibility index (Phi) is 2.58. The van der Waals surface area contributed by atoms with Gasteiger partial charge in [0.15, 0.2) is 0 Å². The van der Waals surface area contributed by atoms with Crippen LogP contribution >= 0.6 is 0 Å². The van der Waals surface area contributed by atoms with E-state index in [1.807, 2.05) is 0 Å². The molecule has 3 unspecified atom stereocenters. The van der Waals surface area contributed by atoms with Crippen molar-refractivity contribution in [2.24, 2.45) is 11.3 Å². The highest BCUT2D eigenvalue weighted by Gasteiger charge is 2.71. The lowest BCUT2D eigenvalue weighted by Crippen LogP contribution is -2.71. The van der Waals surface area contributed by atoms with Crippen LogP contribution in [0.5, 0.6) is 5.75 Å². The summed E-state index contributed by atoms with van der Waals surface area (Å²) in [4.78, 5) is 2.66. The standard InChI is InChI=1S/C21H29NO/c1-12-6-7-15-14(3)18-20(4)9-8-13(2)19-21(20,10-11-22(18)5)16(15)17(12)23-19/h6-7,13-14,18-19H,8-11H2,1-5H3/t13?,14?,18-,19-,20?,21-/m0/s1. The number of hydrogen-bond donors (Lipinski definition) is 0. The molecule has 2 aliphatic carbocycles. The molecule has 2 bridgehead atoms. The quantitative estimate of drug-likeness (QED) is 0.710. The topological polar surface area (TPSA) is 12.5 Å². The van der Waals surface area contributed by atoms with Crippen LogP contribution in [0.3, 0.4) is 0 Å². The molecule has 0 N–H and O–H groups in total. The summed E-state index contributed by atoms with van der Waals surface area (Å²) >= 11 is 0. The van der Waals surface area contributed by atoms with Gasteiger partial charge in [0.25, 0.3) is 0 Å². The molecule has 0 aromatic heterocycles. The molecular formula is C21H29NO. The number of rotatable bonds is 0. The van der Waals surface area contributed by atoms with Crippen molar-refractivity contribution in [2.45, 2.75) is 70.4 Å². The third kappa shape index (κ3) is 1.34. The second-order valence-corrected chi connectivity index (χ2v) is 9.08. The average Bonchev–Trinajstić information content (AvgIpc) is 2.86. The molecule has 124 valence electrons. The van der Waals surface area contributed by atoms with Gasteiger partial charge in [0.2, 0.25) is 0 Å². The summed E-state index contributed by atoms with van der Waals surface area (Å²) < 4.78 is 6.75. The molecule has 0 radical (unpaired) electrons.